The zero-order valence-electron chi connectivity index (χ0n) is 17.3. The number of benzene rings is 3. The fourth-order valence-corrected chi connectivity index (χ4v) is 5.16. The number of thiazole rings is 2. The Hall–Kier alpha value is -3.48. The van der Waals surface area contributed by atoms with Gasteiger partial charge >= 0.3 is 0 Å². The van der Waals surface area contributed by atoms with Crippen LogP contribution in [0.3, 0.4) is 0 Å². The quantitative estimate of drug-likeness (QED) is 0.262. The molecule has 5 rings (SSSR count). The number of rotatable bonds is 7. The van der Waals surface area contributed by atoms with Crippen LogP contribution in [0.4, 0.5) is 10.8 Å². The number of nitrogens with zero attached hydrogens (tertiary/aromatic N) is 2. The third-order valence-corrected chi connectivity index (χ3v) is 6.87. The Morgan fingerprint density at radius 3 is 2.16 bits per heavy atom. The van der Waals surface area contributed by atoms with Crippen molar-refractivity contribution in [1.82, 2.24) is 9.97 Å². The summed E-state index contributed by atoms with van der Waals surface area (Å²) in [6, 6.07) is 28.6. The van der Waals surface area contributed by atoms with Crippen LogP contribution in [0.1, 0.15) is 17.3 Å². The molecule has 32 heavy (non-hydrogen) atoms. The molecule has 3 N–H and O–H groups in total. The van der Waals surface area contributed by atoms with E-state index in [2.05, 4.69) is 52.5 Å². The van der Waals surface area contributed by atoms with Crippen molar-refractivity contribution in [3.63, 3.8) is 0 Å². The summed E-state index contributed by atoms with van der Waals surface area (Å²) >= 11 is 3.29. The Balaban J connectivity index is 1.43. The standard InChI is InChI=1S/C26H22N4S2/c27-21-13-11-18(12-14-21)15-22(24-17-31-25(28-24)20-9-5-2-6-10-20)29-26-30-23(16-32-26)19-7-3-1-4-8-19/h1-14,16-17,22H,15,27H2,(H,29,30). The summed E-state index contributed by atoms with van der Waals surface area (Å²) in [6.07, 6.45) is 0.790. The van der Waals surface area contributed by atoms with Crippen LogP contribution in [0.5, 0.6) is 0 Å². The molecule has 4 nitrogen and oxygen atoms in total. The van der Waals surface area contributed by atoms with Crippen LogP contribution in [0.15, 0.2) is 95.7 Å². The monoisotopic (exact) mass is 454 g/mol. The van der Waals surface area contributed by atoms with E-state index in [0.29, 0.717) is 0 Å². The van der Waals surface area contributed by atoms with Gasteiger partial charge in [0.25, 0.3) is 0 Å². The van der Waals surface area contributed by atoms with Crippen molar-refractivity contribution < 1.29 is 0 Å². The van der Waals surface area contributed by atoms with Crippen LogP contribution in [-0.2, 0) is 6.42 Å². The van der Waals surface area contributed by atoms with Gasteiger partial charge in [-0.25, -0.2) is 9.97 Å². The topological polar surface area (TPSA) is 63.8 Å². The van der Waals surface area contributed by atoms with E-state index >= 15 is 0 Å². The van der Waals surface area contributed by atoms with E-state index in [-0.39, 0.29) is 6.04 Å². The Labute approximate surface area is 195 Å². The van der Waals surface area contributed by atoms with E-state index in [9.17, 15) is 0 Å². The lowest BCUT2D eigenvalue weighted by Gasteiger charge is -2.16. The molecule has 0 aliphatic carbocycles. The number of nitrogen functional groups attached to an aromatic ring is 1. The summed E-state index contributed by atoms with van der Waals surface area (Å²) in [5, 5.41) is 9.78. The molecule has 1 unspecified atom stereocenters. The van der Waals surface area contributed by atoms with Crippen molar-refractivity contribution in [3.8, 4) is 21.8 Å². The van der Waals surface area contributed by atoms with Crippen molar-refractivity contribution in [2.75, 3.05) is 11.1 Å². The molecule has 0 bridgehead atoms. The molecule has 158 valence electrons. The Kier molecular flexibility index (Phi) is 5.96. The van der Waals surface area contributed by atoms with E-state index in [1.54, 1.807) is 22.7 Å². The summed E-state index contributed by atoms with van der Waals surface area (Å²) in [5.41, 5.74) is 12.1. The molecule has 1 atom stereocenters. The summed E-state index contributed by atoms with van der Waals surface area (Å²) < 4.78 is 0. The van der Waals surface area contributed by atoms with Gasteiger partial charge in [0.15, 0.2) is 5.13 Å². The maximum absolute atomic E-state index is 5.88. The Morgan fingerprint density at radius 1 is 0.750 bits per heavy atom. The van der Waals surface area contributed by atoms with Crippen molar-refractivity contribution in [1.29, 1.82) is 0 Å². The number of anilines is 2. The van der Waals surface area contributed by atoms with Crippen molar-refractivity contribution in [2.45, 2.75) is 12.5 Å². The molecule has 0 spiro atoms. The molecular weight excluding hydrogens is 432 g/mol. The minimum absolute atomic E-state index is 0.00195. The van der Waals surface area contributed by atoms with Gasteiger partial charge in [0.1, 0.15) is 5.01 Å². The van der Waals surface area contributed by atoms with E-state index < -0.39 is 0 Å². The number of hydrogen-bond acceptors (Lipinski definition) is 6. The number of aromatic nitrogens is 2. The minimum atomic E-state index is 0.00195. The maximum atomic E-state index is 5.88. The van der Waals surface area contributed by atoms with Crippen molar-refractivity contribution in [2.24, 2.45) is 0 Å². The fourth-order valence-electron chi connectivity index (χ4n) is 3.51. The first kappa shape index (κ1) is 20.4. The molecule has 2 heterocycles. The minimum Gasteiger partial charge on any atom is -0.399 e. The summed E-state index contributed by atoms with van der Waals surface area (Å²) in [7, 11) is 0. The van der Waals surface area contributed by atoms with E-state index in [0.717, 1.165) is 44.8 Å². The van der Waals surface area contributed by atoms with Crippen LogP contribution < -0.4 is 11.1 Å². The molecule has 0 aliphatic heterocycles. The smallest absolute Gasteiger partial charge is 0.183 e. The fraction of sp³-hybridized carbons (Fsp3) is 0.0769. The van der Waals surface area contributed by atoms with Crippen LogP contribution in [0.25, 0.3) is 21.8 Å². The summed E-state index contributed by atoms with van der Waals surface area (Å²) in [5.74, 6) is 0. The van der Waals surface area contributed by atoms with Crippen LogP contribution in [0.2, 0.25) is 0 Å². The van der Waals surface area contributed by atoms with E-state index in [4.69, 9.17) is 15.7 Å². The highest BCUT2D eigenvalue weighted by molar-refractivity contribution is 7.14. The second kappa shape index (κ2) is 9.34. The third-order valence-electron chi connectivity index (χ3n) is 5.19. The van der Waals surface area contributed by atoms with Gasteiger partial charge in [-0.3, -0.25) is 0 Å². The van der Waals surface area contributed by atoms with Crippen molar-refractivity contribution >= 4 is 33.5 Å². The highest BCUT2D eigenvalue weighted by atomic mass is 32.1. The molecule has 3 aromatic carbocycles. The zero-order valence-corrected chi connectivity index (χ0v) is 18.9. The predicted molar refractivity (Wildman–Crippen MR) is 136 cm³/mol. The first-order valence-electron chi connectivity index (χ1n) is 10.4. The van der Waals surface area contributed by atoms with Crippen LogP contribution in [-0.4, -0.2) is 9.97 Å². The Morgan fingerprint density at radius 2 is 1.44 bits per heavy atom. The molecular formula is C26H22N4S2. The maximum Gasteiger partial charge on any atom is 0.183 e. The predicted octanol–water partition coefficient (Wildman–Crippen LogP) is 6.91. The number of nitrogens with two attached hydrogens (primary N) is 1. The van der Waals surface area contributed by atoms with Crippen molar-refractivity contribution in [3.05, 3.63) is 107 Å². The molecule has 5 aromatic rings. The second-order valence-electron chi connectivity index (χ2n) is 7.49. The second-order valence-corrected chi connectivity index (χ2v) is 9.21. The van der Waals surface area contributed by atoms with E-state index in [1.807, 2.05) is 48.5 Å². The summed E-state index contributed by atoms with van der Waals surface area (Å²) in [4.78, 5) is 9.79. The third kappa shape index (κ3) is 4.72. The molecule has 2 aromatic heterocycles. The SMILES string of the molecule is Nc1ccc(CC(Nc2nc(-c3ccccc3)cs2)c2csc(-c3ccccc3)n2)cc1. The first-order valence-corrected chi connectivity index (χ1v) is 12.1. The average Bonchev–Trinajstić information content (AvgIpc) is 3.51. The molecule has 0 radical (unpaired) electrons. The largest absolute Gasteiger partial charge is 0.399 e. The molecule has 0 saturated carbocycles. The molecule has 6 heteroatoms. The molecule has 0 fully saturated rings. The summed E-state index contributed by atoms with van der Waals surface area (Å²) in [6.45, 7) is 0. The number of nitrogens with one attached hydrogen (secondary N) is 1. The van der Waals surface area contributed by atoms with Gasteiger partial charge in [-0.1, -0.05) is 72.8 Å². The van der Waals surface area contributed by atoms with Gasteiger partial charge < -0.3 is 11.1 Å². The highest BCUT2D eigenvalue weighted by Crippen LogP contribution is 2.32. The lowest BCUT2D eigenvalue weighted by atomic mass is 10.0. The van der Waals surface area contributed by atoms with E-state index in [1.165, 1.54) is 5.56 Å². The van der Waals surface area contributed by atoms with Gasteiger partial charge in [0, 0.05) is 27.6 Å². The van der Waals surface area contributed by atoms with Gasteiger partial charge in [-0.2, -0.15) is 0 Å². The van der Waals surface area contributed by atoms with Crippen LogP contribution in [0, 0.1) is 0 Å². The normalized spacial score (nSPS) is 11.9. The highest BCUT2D eigenvalue weighted by Gasteiger charge is 2.18. The van der Waals surface area contributed by atoms with Gasteiger partial charge in [0.2, 0.25) is 0 Å². The van der Waals surface area contributed by atoms with Gasteiger partial charge in [0.05, 0.1) is 17.4 Å². The van der Waals surface area contributed by atoms with Gasteiger partial charge in [-0.15, -0.1) is 22.7 Å². The molecule has 0 saturated heterocycles. The average molecular weight is 455 g/mol. The van der Waals surface area contributed by atoms with Gasteiger partial charge in [-0.05, 0) is 24.1 Å². The Bertz CT molecular complexity index is 1280. The molecule has 0 aliphatic rings. The lowest BCUT2D eigenvalue weighted by molar-refractivity contribution is 0.752. The zero-order chi connectivity index (χ0) is 21.8. The lowest BCUT2D eigenvalue weighted by Crippen LogP contribution is -2.14. The first-order chi connectivity index (χ1) is 15.7. The molecule has 0 amide bonds. The number of hydrogen-bond donors (Lipinski definition) is 2. The van der Waals surface area contributed by atoms with Crippen LogP contribution >= 0.6 is 22.7 Å².